The SMILES string of the molecule is CNC(=O)C1OC(n2cnc3c(NCc4ccccc4)nc(-c4cc(F)ccc4F)nc32)C(O)C1O. The van der Waals surface area contributed by atoms with E-state index in [2.05, 4.69) is 25.6 Å². The number of imidazole rings is 1. The maximum atomic E-state index is 14.6. The standard InChI is InChI=1S/C24H22F2N6O4/c1-27-23(35)19-17(33)18(34)24(36-19)32-11-29-16-21(28-10-12-5-3-2-4-6-12)30-20(31-22(16)32)14-9-13(25)7-8-15(14)26/h2-9,11,17-19,24,33-34H,10H2,1H3,(H,27,35)(H,28,30,31). The van der Waals surface area contributed by atoms with Gasteiger partial charge >= 0.3 is 0 Å². The van der Waals surface area contributed by atoms with Gasteiger partial charge in [0.25, 0.3) is 5.91 Å². The van der Waals surface area contributed by atoms with Crippen molar-refractivity contribution in [1.82, 2.24) is 24.8 Å². The van der Waals surface area contributed by atoms with Crippen molar-refractivity contribution in [3.8, 4) is 11.4 Å². The number of hydrogen-bond donors (Lipinski definition) is 4. The van der Waals surface area contributed by atoms with Crippen LogP contribution in [0.4, 0.5) is 14.6 Å². The second-order valence-electron chi connectivity index (χ2n) is 8.23. The summed E-state index contributed by atoms with van der Waals surface area (Å²) in [7, 11) is 1.38. The average Bonchev–Trinajstić information content (AvgIpc) is 3.44. The summed E-state index contributed by atoms with van der Waals surface area (Å²) in [5, 5.41) is 26.5. The van der Waals surface area contributed by atoms with Gasteiger partial charge < -0.3 is 25.6 Å². The Labute approximate surface area is 203 Å². The first kappa shape index (κ1) is 23.7. The molecule has 0 spiro atoms. The van der Waals surface area contributed by atoms with Gasteiger partial charge in [0, 0.05) is 13.6 Å². The number of amides is 1. The summed E-state index contributed by atoms with van der Waals surface area (Å²) in [5.74, 6) is -1.92. The minimum Gasteiger partial charge on any atom is -0.387 e. The monoisotopic (exact) mass is 496 g/mol. The lowest BCUT2D eigenvalue weighted by Crippen LogP contribution is -2.41. The quantitative estimate of drug-likeness (QED) is 0.317. The summed E-state index contributed by atoms with van der Waals surface area (Å²) in [6.07, 6.45) is -4.25. The zero-order chi connectivity index (χ0) is 25.4. The first-order valence-corrected chi connectivity index (χ1v) is 11.1. The van der Waals surface area contributed by atoms with E-state index in [0.29, 0.717) is 6.54 Å². The van der Waals surface area contributed by atoms with Crippen molar-refractivity contribution < 1.29 is 28.5 Å². The molecule has 1 fully saturated rings. The maximum Gasteiger partial charge on any atom is 0.251 e. The van der Waals surface area contributed by atoms with Crippen molar-refractivity contribution in [2.45, 2.75) is 31.1 Å². The Morgan fingerprint density at radius 1 is 1.11 bits per heavy atom. The third-order valence-corrected chi connectivity index (χ3v) is 5.91. The van der Waals surface area contributed by atoms with E-state index in [-0.39, 0.29) is 28.4 Å². The Morgan fingerprint density at radius 2 is 1.89 bits per heavy atom. The molecule has 0 bridgehead atoms. The molecule has 1 aliphatic heterocycles. The van der Waals surface area contributed by atoms with Gasteiger partial charge in [-0.1, -0.05) is 30.3 Å². The number of ether oxygens (including phenoxy) is 1. The topological polar surface area (TPSA) is 134 Å². The van der Waals surface area contributed by atoms with Crippen molar-refractivity contribution in [2.75, 3.05) is 12.4 Å². The molecule has 2 aromatic carbocycles. The number of benzene rings is 2. The number of carbonyl (C=O) groups excluding carboxylic acids is 1. The summed E-state index contributed by atoms with van der Waals surface area (Å²) < 4.78 is 35.5. The lowest BCUT2D eigenvalue weighted by atomic mass is 10.1. The smallest absolute Gasteiger partial charge is 0.251 e. The highest BCUT2D eigenvalue weighted by molar-refractivity contribution is 5.85. The van der Waals surface area contributed by atoms with Gasteiger partial charge in [-0.05, 0) is 23.8 Å². The largest absolute Gasteiger partial charge is 0.387 e. The molecular formula is C24H22F2N6O4. The van der Waals surface area contributed by atoms with E-state index in [4.69, 9.17) is 4.74 Å². The molecule has 1 saturated heterocycles. The number of hydrogen-bond acceptors (Lipinski definition) is 8. The first-order chi connectivity index (χ1) is 17.4. The summed E-state index contributed by atoms with van der Waals surface area (Å²) in [5.41, 5.74) is 1.14. The van der Waals surface area contributed by atoms with Crippen molar-refractivity contribution in [2.24, 2.45) is 0 Å². The highest BCUT2D eigenvalue weighted by Gasteiger charge is 2.47. The lowest BCUT2D eigenvalue weighted by molar-refractivity contribution is -0.137. The number of anilines is 1. The van der Waals surface area contributed by atoms with E-state index >= 15 is 0 Å². The van der Waals surface area contributed by atoms with Crippen LogP contribution in [0.2, 0.25) is 0 Å². The number of carbonyl (C=O) groups is 1. The van der Waals surface area contributed by atoms with E-state index in [9.17, 15) is 23.8 Å². The molecule has 1 aliphatic rings. The van der Waals surface area contributed by atoms with Crippen LogP contribution in [-0.2, 0) is 16.1 Å². The molecule has 0 saturated carbocycles. The van der Waals surface area contributed by atoms with Crippen LogP contribution in [0, 0.1) is 11.6 Å². The van der Waals surface area contributed by atoms with Crippen molar-refractivity contribution in [1.29, 1.82) is 0 Å². The molecule has 4 aromatic rings. The molecule has 5 rings (SSSR count). The van der Waals surface area contributed by atoms with E-state index in [0.717, 1.165) is 23.8 Å². The Bertz CT molecular complexity index is 1420. The highest BCUT2D eigenvalue weighted by atomic mass is 19.1. The molecule has 1 amide bonds. The van der Waals surface area contributed by atoms with E-state index in [1.807, 2.05) is 30.3 Å². The number of nitrogens with zero attached hydrogens (tertiary/aromatic N) is 4. The number of rotatable bonds is 6. The van der Waals surface area contributed by atoms with E-state index in [1.165, 1.54) is 17.9 Å². The van der Waals surface area contributed by atoms with Gasteiger partial charge in [0.15, 0.2) is 35.1 Å². The minimum absolute atomic E-state index is 0.119. The molecule has 4 atom stereocenters. The third kappa shape index (κ3) is 4.26. The van der Waals surface area contributed by atoms with Crippen LogP contribution in [0.5, 0.6) is 0 Å². The molecule has 10 nitrogen and oxygen atoms in total. The fraction of sp³-hybridized carbons (Fsp3) is 0.250. The number of aromatic nitrogens is 4. The molecule has 36 heavy (non-hydrogen) atoms. The van der Waals surface area contributed by atoms with Crippen LogP contribution in [0.15, 0.2) is 54.9 Å². The van der Waals surface area contributed by atoms with E-state index in [1.54, 1.807) is 0 Å². The minimum atomic E-state index is -1.51. The molecule has 3 heterocycles. The fourth-order valence-corrected chi connectivity index (χ4v) is 4.05. The molecule has 0 radical (unpaired) electrons. The lowest BCUT2D eigenvalue weighted by Gasteiger charge is -2.17. The van der Waals surface area contributed by atoms with Crippen LogP contribution in [0.25, 0.3) is 22.6 Å². The maximum absolute atomic E-state index is 14.6. The molecule has 2 aromatic heterocycles. The molecule has 4 unspecified atom stereocenters. The van der Waals surface area contributed by atoms with E-state index < -0.39 is 42.1 Å². The second kappa shape index (κ2) is 9.57. The number of fused-ring (bicyclic) bond motifs is 1. The zero-order valence-corrected chi connectivity index (χ0v) is 19.0. The summed E-state index contributed by atoms with van der Waals surface area (Å²) in [6, 6.07) is 12.4. The van der Waals surface area contributed by atoms with Crippen LogP contribution < -0.4 is 10.6 Å². The van der Waals surface area contributed by atoms with Gasteiger partial charge in [0.2, 0.25) is 0 Å². The fourth-order valence-electron chi connectivity index (χ4n) is 4.05. The molecule has 186 valence electrons. The van der Waals surface area contributed by atoms with Gasteiger partial charge in [0.05, 0.1) is 11.9 Å². The Balaban J connectivity index is 1.61. The predicted octanol–water partition coefficient (Wildman–Crippen LogP) is 1.75. The normalized spacial score (nSPS) is 21.6. The second-order valence-corrected chi connectivity index (χ2v) is 8.23. The number of aliphatic hydroxyl groups is 2. The Morgan fingerprint density at radius 3 is 2.64 bits per heavy atom. The van der Waals surface area contributed by atoms with Gasteiger partial charge in [-0.15, -0.1) is 0 Å². The van der Waals surface area contributed by atoms with Crippen LogP contribution >= 0.6 is 0 Å². The average molecular weight is 496 g/mol. The van der Waals surface area contributed by atoms with Crippen molar-refractivity contribution in [3.63, 3.8) is 0 Å². The van der Waals surface area contributed by atoms with Crippen LogP contribution in [-0.4, -0.2) is 61.0 Å². The summed E-state index contributed by atoms with van der Waals surface area (Å²) in [6.45, 7) is 0.352. The predicted molar refractivity (Wildman–Crippen MR) is 124 cm³/mol. The number of halogens is 2. The Kier molecular flexibility index (Phi) is 6.31. The van der Waals surface area contributed by atoms with Crippen molar-refractivity contribution >= 4 is 22.9 Å². The Hall–Kier alpha value is -4.00. The number of nitrogens with one attached hydrogen (secondary N) is 2. The van der Waals surface area contributed by atoms with Crippen LogP contribution in [0.3, 0.4) is 0 Å². The third-order valence-electron chi connectivity index (χ3n) is 5.91. The summed E-state index contributed by atoms with van der Waals surface area (Å²) in [4.78, 5) is 25.2. The molecule has 12 heteroatoms. The van der Waals surface area contributed by atoms with Gasteiger partial charge in [0.1, 0.15) is 23.8 Å². The van der Waals surface area contributed by atoms with Gasteiger partial charge in [-0.2, -0.15) is 0 Å². The number of aliphatic hydroxyl groups excluding tert-OH is 2. The number of likely N-dealkylation sites (N-methyl/N-ethyl adjacent to an activating group) is 1. The van der Waals surface area contributed by atoms with Gasteiger partial charge in [-0.3, -0.25) is 9.36 Å². The first-order valence-electron chi connectivity index (χ1n) is 11.1. The molecular weight excluding hydrogens is 474 g/mol. The molecule has 4 N–H and O–H groups in total. The molecule has 0 aliphatic carbocycles. The van der Waals surface area contributed by atoms with Gasteiger partial charge in [-0.25, -0.2) is 23.7 Å². The zero-order valence-electron chi connectivity index (χ0n) is 19.0. The van der Waals surface area contributed by atoms with Crippen LogP contribution in [0.1, 0.15) is 11.8 Å². The van der Waals surface area contributed by atoms with Crippen molar-refractivity contribution in [3.05, 3.63) is 72.1 Å². The highest BCUT2D eigenvalue weighted by Crippen LogP contribution is 2.34. The summed E-state index contributed by atoms with van der Waals surface area (Å²) >= 11 is 0.